The molecule has 0 fully saturated rings. The molecule has 0 unspecified atom stereocenters. The van der Waals surface area contributed by atoms with Crippen LogP contribution in [-0.2, 0) is 0 Å². The molecule has 0 radical (unpaired) electrons. The quantitative estimate of drug-likeness (QED) is 0.719. The first-order chi connectivity index (χ1) is 8.38. The summed E-state index contributed by atoms with van der Waals surface area (Å²) in [5, 5.41) is 0.836. The maximum atomic E-state index is 12.5. The van der Waals surface area contributed by atoms with E-state index < -0.39 is 5.41 Å². The van der Waals surface area contributed by atoms with Crippen LogP contribution in [0.5, 0.6) is 0 Å². The van der Waals surface area contributed by atoms with Crippen molar-refractivity contribution in [3.8, 4) is 0 Å². The summed E-state index contributed by atoms with van der Waals surface area (Å²) in [5.74, 6) is 0.00398. The van der Waals surface area contributed by atoms with E-state index in [0.29, 0.717) is 11.3 Å². The molecule has 0 spiro atoms. The second-order valence-corrected chi connectivity index (χ2v) is 5.52. The minimum Gasteiger partial charge on any atom is -0.298 e. The summed E-state index contributed by atoms with van der Waals surface area (Å²) in [6, 6.07) is 7.50. The number of carbonyl (C=O) groups is 2. The molecule has 3 heteroatoms. The van der Waals surface area contributed by atoms with Gasteiger partial charge in [-0.2, -0.15) is 0 Å². The van der Waals surface area contributed by atoms with Gasteiger partial charge < -0.3 is 0 Å². The molecule has 0 aliphatic carbocycles. The molecule has 0 saturated carbocycles. The molecule has 0 bridgehead atoms. The maximum absolute atomic E-state index is 12.5. The zero-order chi connectivity index (χ0) is 13.5. The molecular formula is C15H17NO2. The third-order valence-electron chi connectivity index (χ3n) is 3.12. The summed E-state index contributed by atoms with van der Waals surface area (Å²) in [6.45, 7) is 7.45. The van der Waals surface area contributed by atoms with Crippen molar-refractivity contribution in [3.63, 3.8) is 0 Å². The number of para-hydroxylation sites is 1. The number of hydrogen-bond acceptors (Lipinski definition) is 2. The van der Waals surface area contributed by atoms with E-state index in [4.69, 9.17) is 0 Å². The average Bonchev–Trinajstić information content (AvgIpc) is 2.58. The van der Waals surface area contributed by atoms with Gasteiger partial charge in [-0.1, -0.05) is 39.0 Å². The van der Waals surface area contributed by atoms with E-state index in [0.717, 1.165) is 17.2 Å². The lowest BCUT2D eigenvalue weighted by atomic mass is 9.95. The topological polar surface area (TPSA) is 39.1 Å². The smallest absolute Gasteiger partial charge is 0.236 e. The lowest BCUT2D eigenvalue weighted by Crippen LogP contribution is -2.27. The van der Waals surface area contributed by atoms with Crippen LogP contribution in [0.25, 0.3) is 10.9 Å². The predicted molar refractivity (Wildman–Crippen MR) is 72.1 cm³/mol. The molecular weight excluding hydrogens is 226 g/mol. The van der Waals surface area contributed by atoms with Crippen LogP contribution in [0, 0.1) is 12.3 Å². The zero-order valence-corrected chi connectivity index (χ0v) is 11.2. The Morgan fingerprint density at radius 2 is 1.83 bits per heavy atom. The third-order valence-corrected chi connectivity index (χ3v) is 3.12. The molecule has 0 atom stereocenters. The van der Waals surface area contributed by atoms with E-state index in [1.807, 2.05) is 52.0 Å². The van der Waals surface area contributed by atoms with Crippen molar-refractivity contribution >= 4 is 23.1 Å². The second kappa shape index (κ2) is 4.09. The normalized spacial score (nSPS) is 11.8. The molecule has 0 aliphatic rings. The van der Waals surface area contributed by atoms with Crippen LogP contribution in [0.2, 0.25) is 0 Å². The van der Waals surface area contributed by atoms with Crippen molar-refractivity contribution in [2.24, 2.45) is 5.41 Å². The van der Waals surface area contributed by atoms with Crippen LogP contribution in [0.15, 0.2) is 24.3 Å². The van der Waals surface area contributed by atoms with E-state index >= 15 is 0 Å². The summed E-state index contributed by atoms with van der Waals surface area (Å²) < 4.78 is 1.65. The monoisotopic (exact) mass is 243 g/mol. The van der Waals surface area contributed by atoms with Gasteiger partial charge in [0.05, 0.1) is 5.52 Å². The van der Waals surface area contributed by atoms with Crippen molar-refractivity contribution < 1.29 is 9.59 Å². The number of aromatic nitrogens is 1. The Labute approximate surface area is 106 Å². The highest BCUT2D eigenvalue weighted by molar-refractivity contribution is 6.05. The molecule has 0 N–H and O–H groups in total. The van der Waals surface area contributed by atoms with Gasteiger partial charge >= 0.3 is 0 Å². The number of aldehydes is 1. The van der Waals surface area contributed by atoms with Crippen LogP contribution in [0.1, 0.15) is 41.6 Å². The van der Waals surface area contributed by atoms with Gasteiger partial charge in [0.1, 0.15) is 0 Å². The minimum absolute atomic E-state index is 0.00398. The van der Waals surface area contributed by atoms with Crippen LogP contribution >= 0.6 is 0 Å². The Morgan fingerprint density at radius 1 is 1.22 bits per heavy atom. The molecule has 94 valence electrons. The van der Waals surface area contributed by atoms with Gasteiger partial charge in [0.25, 0.3) is 0 Å². The van der Waals surface area contributed by atoms with E-state index in [2.05, 4.69) is 0 Å². The fraction of sp³-hybridized carbons (Fsp3) is 0.333. The number of nitrogens with zero attached hydrogens (tertiary/aromatic N) is 1. The summed E-state index contributed by atoms with van der Waals surface area (Å²) in [7, 11) is 0. The van der Waals surface area contributed by atoms with Crippen LogP contribution in [-0.4, -0.2) is 16.8 Å². The second-order valence-electron chi connectivity index (χ2n) is 5.52. The number of rotatable bonds is 1. The number of hydrogen-bond donors (Lipinski definition) is 0. The lowest BCUT2D eigenvalue weighted by molar-refractivity contribution is 0.0770. The largest absolute Gasteiger partial charge is 0.298 e. The van der Waals surface area contributed by atoms with E-state index in [-0.39, 0.29) is 5.91 Å². The molecule has 2 rings (SSSR count). The Hall–Kier alpha value is -1.90. The molecule has 0 saturated heterocycles. The van der Waals surface area contributed by atoms with Crippen molar-refractivity contribution in [2.75, 3.05) is 0 Å². The van der Waals surface area contributed by atoms with Gasteiger partial charge in [-0.05, 0) is 13.0 Å². The van der Waals surface area contributed by atoms with Crippen molar-refractivity contribution in [1.29, 1.82) is 0 Å². The van der Waals surface area contributed by atoms with Gasteiger partial charge in [-0.25, -0.2) is 0 Å². The first-order valence-corrected chi connectivity index (χ1v) is 5.98. The first-order valence-electron chi connectivity index (χ1n) is 5.98. The van der Waals surface area contributed by atoms with Gasteiger partial charge in [0.15, 0.2) is 6.29 Å². The molecule has 1 aromatic heterocycles. The molecule has 0 amide bonds. The predicted octanol–water partition coefficient (Wildman–Crippen LogP) is 3.45. The highest BCUT2D eigenvalue weighted by Gasteiger charge is 2.27. The van der Waals surface area contributed by atoms with Crippen LogP contribution in [0.4, 0.5) is 0 Å². The van der Waals surface area contributed by atoms with E-state index in [1.165, 1.54) is 0 Å². The fourth-order valence-electron chi connectivity index (χ4n) is 2.14. The van der Waals surface area contributed by atoms with E-state index in [9.17, 15) is 9.59 Å². The number of benzene rings is 1. The minimum atomic E-state index is -0.479. The van der Waals surface area contributed by atoms with Crippen molar-refractivity contribution in [2.45, 2.75) is 27.7 Å². The SMILES string of the molecule is Cc1c(C=O)c2ccccc2n1C(=O)C(C)(C)C. The highest BCUT2D eigenvalue weighted by Crippen LogP contribution is 2.28. The molecule has 2 aromatic rings. The number of carbonyl (C=O) groups excluding carboxylic acids is 2. The van der Waals surface area contributed by atoms with Gasteiger partial charge in [-0.3, -0.25) is 14.2 Å². The third kappa shape index (κ3) is 1.76. The standard InChI is InChI=1S/C15H17NO2/c1-10-12(9-17)11-7-5-6-8-13(11)16(10)14(18)15(2,3)4/h5-9H,1-4H3. The highest BCUT2D eigenvalue weighted by atomic mass is 16.2. The summed E-state index contributed by atoms with van der Waals surface area (Å²) >= 11 is 0. The lowest BCUT2D eigenvalue weighted by Gasteiger charge is -2.19. The molecule has 3 nitrogen and oxygen atoms in total. The van der Waals surface area contributed by atoms with Crippen LogP contribution in [0.3, 0.4) is 0 Å². The Balaban J connectivity index is 2.83. The number of fused-ring (bicyclic) bond motifs is 1. The zero-order valence-electron chi connectivity index (χ0n) is 11.2. The van der Waals surface area contributed by atoms with Crippen LogP contribution < -0.4 is 0 Å². The Bertz CT molecular complexity index is 630. The molecule has 1 aromatic carbocycles. The van der Waals surface area contributed by atoms with Gasteiger partial charge in [0.2, 0.25) is 5.91 Å². The van der Waals surface area contributed by atoms with Crippen molar-refractivity contribution in [3.05, 3.63) is 35.5 Å². The fourth-order valence-corrected chi connectivity index (χ4v) is 2.14. The summed E-state index contributed by atoms with van der Waals surface area (Å²) in [5.41, 5.74) is 1.64. The Morgan fingerprint density at radius 3 is 2.39 bits per heavy atom. The summed E-state index contributed by atoms with van der Waals surface area (Å²) in [6.07, 6.45) is 0.824. The summed E-state index contributed by atoms with van der Waals surface area (Å²) in [4.78, 5) is 23.7. The average molecular weight is 243 g/mol. The van der Waals surface area contributed by atoms with Crippen molar-refractivity contribution in [1.82, 2.24) is 4.57 Å². The molecule has 18 heavy (non-hydrogen) atoms. The molecule has 1 heterocycles. The van der Waals surface area contributed by atoms with E-state index in [1.54, 1.807) is 4.57 Å². The van der Waals surface area contributed by atoms with Gasteiger partial charge in [-0.15, -0.1) is 0 Å². The first kappa shape index (κ1) is 12.6. The van der Waals surface area contributed by atoms with Gasteiger partial charge in [0, 0.05) is 22.1 Å². The molecule has 0 aliphatic heterocycles. The maximum Gasteiger partial charge on any atom is 0.236 e. The Kier molecular flexibility index (Phi) is 2.85.